The fourth-order valence-corrected chi connectivity index (χ4v) is 0.803. The Labute approximate surface area is 81.5 Å². The van der Waals surface area contributed by atoms with Gasteiger partial charge in [-0.05, 0) is 0 Å². The van der Waals surface area contributed by atoms with Gasteiger partial charge in [-0.3, -0.25) is 0 Å². The van der Waals surface area contributed by atoms with Crippen LogP contribution < -0.4 is 10.5 Å². The average Bonchev–Trinajstić information content (AvgIpc) is 2.11. The van der Waals surface area contributed by atoms with Crippen LogP contribution in [-0.4, -0.2) is 16.5 Å². The van der Waals surface area contributed by atoms with Crippen LogP contribution in [0.3, 0.4) is 0 Å². The molecule has 1 rings (SSSR count). The van der Waals surface area contributed by atoms with Crippen LogP contribution in [0.25, 0.3) is 0 Å². The van der Waals surface area contributed by atoms with Crippen LogP contribution in [0.5, 0.6) is 11.5 Å². The van der Waals surface area contributed by atoms with E-state index < -0.39 is 29.2 Å². The van der Waals surface area contributed by atoms with E-state index >= 15 is 0 Å². The predicted octanol–water partition coefficient (Wildman–Crippen LogP) is 1.14. The number of nitrogens with zero attached hydrogens (tertiary/aromatic N) is 2. The second-order valence-electron chi connectivity index (χ2n) is 2.40. The number of nitriles is 1. The van der Waals surface area contributed by atoms with Crippen molar-refractivity contribution in [3.8, 4) is 17.6 Å². The third-order valence-electron chi connectivity index (χ3n) is 1.36. The van der Waals surface area contributed by atoms with E-state index in [0.717, 1.165) is 6.20 Å². The van der Waals surface area contributed by atoms with Crippen molar-refractivity contribution >= 4 is 5.69 Å². The Balaban J connectivity index is 3.23. The molecule has 0 atom stereocenters. The Kier molecular flexibility index (Phi) is 2.57. The molecule has 5 nitrogen and oxygen atoms in total. The normalized spacial score (nSPS) is 10.8. The zero-order valence-corrected chi connectivity index (χ0v) is 7.04. The number of alkyl halides is 3. The lowest BCUT2D eigenvalue weighted by Gasteiger charge is -2.12. The third-order valence-corrected chi connectivity index (χ3v) is 1.36. The molecule has 0 saturated carbocycles. The van der Waals surface area contributed by atoms with E-state index in [4.69, 9.17) is 16.1 Å². The van der Waals surface area contributed by atoms with Gasteiger partial charge in [-0.2, -0.15) is 5.26 Å². The highest BCUT2D eigenvalue weighted by molar-refractivity contribution is 5.62. The van der Waals surface area contributed by atoms with E-state index in [9.17, 15) is 13.2 Å². The number of nitrogen functional groups attached to an aromatic ring is 1. The zero-order chi connectivity index (χ0) is 11.6. The van der Waals surface area contributed by atoms with Gasteiger partial charge in [-0.15, -0.1) is 13.2 Å². The monoisotopic (exact) mass is 219 g/mol. The Morgan fingerprint density at radius 2 is 2.13 bits per heavy atom. The van der Waals surface area contributed by atoms with E-state index in [0.29, 0.717) is 0 Å². The molecule has 0 spiro atoms. The lowest BCUT2D eigenvalue weighted by atomic mass is 10.3. The molecule has 3 N–H and O–H groups in total. The van der Waals surface area contributed by atoms with Gasteiger partial charge in [0.15, 0.2) is 17.2 Å². The van der Waals surface area contributed by atoms with Gasteiger partial charge in [-0.1, -0.05) is 0 Å². The van der Waals surface area contributed by atoms with Gasteiger partial charge in [0.1, 0.15) is 6.07 Å². The number of anilines is 1. The van der Waals surface area contributed by atoms with Gasteiger partial charge < -0.3 is 15.6 Å². The maximum absolute atomic E-state index is 11.8. The molecule has 1 aromatic heterocycles. The molecule has 0 aliphatic rings. The number of rotatable bonds is 1. The summed E-state index contributed by atoms with van der Waals surface area (Å²) in [5, 5.41) is 17.5. The molecule has 1 aromatic rings. The van der Waals surface area contributed by atoms with Gasteiger partial charge in [0, 0.05) is 0 Å². The number of halogens is 3. The summed E-state index contributed by atoms with van der Waals surface area (Å²) in [5.41, 5.74) is 3.99. The van der Waals surface area contributed by atoms with Crippen molar-refractivity contribution in [2.24, 2.45) is 0 Å². The molecule has 0 amide bonds. The molecular weight excluding hydrogens is 215 g/mol. The molecule has 1 heterocycles. The predicted molar refractivity (Wildman–Crippen MR) is 41.7 cm³/mol. The van der Waals surface area contributed by atoms with Crippen LogP contribution in [0.2, 0.25) is 0 Å². The molecule has 15 heavy (non-hydrogen) atoms. The first-order valence-electron chi connectivity index (χ1n) is 3.48. The highest BCUT2D eigenvalue weighted by Crippen LogP contribution is 2.37. The number of nitrogens with two attached hydrogens (primary N) is 1. The van der Waals surface area contributed by atoms with Gasteiger partial charge in [0.2, 0.25) is 0 Å². The van der Waals surface area contributed by atoms with Crippen LogP contribution in [0.4, 0.5) is 18.9 Å². The second-order valence-corrected chi connectivity index (χ2v) is 2.40. The molecule has 0 radical (unpaired) electrons. The molecule has 0 aromatic carbocycles. The first-order chi connectivity index (χ1) is 6.85. The Hall–Kier alpha value is -2.17. The first-order valence-corrected chi connectivity index (χ1v) is 3.48. The topological polar surface area (TPSA) is 92.2 Å². The number of aromatic hydroxyl groups is 1. The third kappa shape index (κ3) is 2.40. The zero-order valence-electron chi connectivity index (χ0n) is 7.04. The van der Waals surface area contributed by atoms with E-state index in [1.807, 2.05) is 0 Å². The van der Waals surface area contributed by atoms with E-state index in [2.05, 4.69) is 9.72 Å². The van der Waals surface area contributed by atoms with Gasteiger partial charge in [0.05, 0.1) is 11.9 Å². The minimum absolute atomic E-state index is 0.510. The summed E-state index contributed by atoms with van der Waals surface area (Å²) >= 11 is 0. The summed E-state index contributed by atoms with van der Waals surface area (Å²) in [4.78, 5) is 3.30. The van der Waals surface area contributed by atoms with Crippen molar-refractivity contribution < 1.29 is 23.0 Å². The van der Waals surface area contributed by atoms with Crippen LogP contribution in [0.1, 0.15) is 5.69 Å². The van der Waals surface area contributed by atoms with Gasteiger partial charge >= 0.3 is 6.36 Å². The lowest BCUT2D eigenvalue weighted by Crippen LogP contribution is -2.18. The van der Waals surface area contributed by atoms with Crippen LogP contribution in [-0.2, 0) is 0 Å². The smallest absolute Gasteiger partial charge is 0.502 e. The van der Waals surface area contributed by atoms with E-state index in [-0.39, 0.29) is 0 Å². The van der Waals surface area contributed by atoms with Crippen molar-refractivity contribution in [2.45, 2.75) is 6.36 Å². The first kappa shape index (κ1) is 10.9. The minimum Gasteiger partial charge on any atom is -0.502 e. The number of pyridine rings is 1. The molecule has 0 aliphatic heterocycles. The SMILES string of the molecule is N#Cc1ncc(N)c(OC(F)(F)F)c1O. The highest BCUT2D eigenvalue weighted by Gasteiger charge is 2.34. The van der Waals surface area contributed by atoms with Crippen molar-refractivity contribution in [2.75, 3.05) is 5.73 Å². The molecule has 0 aliphatic carbocycles. The van der Waals surface area contributed by atoms with Crippen LogP contribution >= 0.6 is 0 Å². The fourth-order valence-electron chi connectivity index (χ4n) is 0.803. The van der Waals surface area contributed by atoms with Crippen molar-refractivity contribution in [3.05, 3.63) is 11.9 Å². The summed E-state index contributed by atoms with van der Waals surface area (Å²) in [7, 11) is 0. The number of aromatic nitrogens is 1. The standard InChI is InChI=1S/C7H4F3N3O2/c8-7(9,10)15-6-3(12)2-13-4(1-11)5(6)14/h2,14H,12H2. The highest BCUT2D eigenvalue weighted by atomic mass is 19.4. The van der Waals surface area contributed by atoms with Gasteiger partial charge in [-0.25, -0.2) is 4.98 Å². The summed E-state index contributed by atoms with van der Waals surface area (Å²) in [6.07, 6.45) is -4.21. The van der Waals surface area contributed by atoms with Gasteiger partial charge in [0.25, 0.3) is 0 Å². The fraction of sp³-hybridized carbons (Fsp3) is 0.143. The number of ether oxygens (including phenoxy) is 1. The summed E-state index contributed by atoms with van der Waals surface area (Å²) in [5.74, 6) is -2.05. The van der Waals surface area contributed by atoms with E-state index in [1.54, 1.807) is 0 Å². The molecule has 0 bridgehead atoms. The Morgan fingerprint density at radius 1 is 1.53 bits per heavy atom. The average molecular weight is 219 g/mol. The minimum atomic E-state index is -5.00. The van der Waals surface area contributed by atoms with E-state index in [1.165, 1.54) is 6.07 Å². The molecular formula is C7H4F3N3O2. The maximum Gasteiger partial charge on any atom is 0.573 e. The number of hydrogen-bond donors (Lipinski definition) is 2. The second kappa shape index (κ2) is 3.53. The van der Waals surface area contributed by atoms with Crippen molar-refractivity contribution in [1.82, 2.24) is 4.98 Å². The Morgan fingerprint density at radius 3 is 2.60 bits per heavy atom. The number of hydrogen-bond acceptors (Lipinski definition) is 5. The van der Waals surface area contributed by atoms with Crippen LogP contribution in [0, 0.1) is 11.3 Å². The molecule has 0 saturated heterocycles. The molecule has 0 unspecified atom stereocenters. The molecule has 8 heteroatoms. The summed E-state index contributed by atoms with van der Waals surface area (Å²) in [6.45, 7) is 0. The quantitative estimate of drug-likeness (QED) is 0.738. The Bertz CT molecular complexity index is 425. The molecule has 80 valence electrons. The lowest BCUT2D eigenvalue weighted by molar-refractivity contribution is -0.274. The van der Waals surface area contributed by atoms with Crippen molar-refractivity contribution in [3.63, 3.8) is 0 Å². The maximum atomic E-state index is 11.8. The largest absolute Gasteiger partial charge is 0.573 e. The van der Waals surface area contributed by atoms with Crippen LogP contribution in [0.15, 0.2) is 6.20 Å². The summed E-state index contributed by atoms with van der Waals surface area (Å²) in [6, 6.07) is 1.38. The summed E-state index contributed by atoms with van der Waals surface area (Å²) < 4.78 is 39.0. The molecule has 0 fully saturated rings. The van der Waals surface area contributed by atoms with Crippen molar-refractivity contribution in [1.29, 1.82) is 5.26 Å².